The average Bonchev–Trinajstić information content (AvgIpc) is 2.43. The van der Waals surface area contributed by atoms with Gasteiger partial charge in [0.05, 0.1) is 16.2 Å². The zero-order valence-corrected chi connectivity index (χ0v) is 11.6. The van der Waals surface area contributed by atoms with E-state index in [1.807, 2.05) is 0 Å². The summed E-state index contributed by atoms with van der Waals surface area (Å²) in [6.07, 6.45) is 1.40. The number of benzene rings is 2. The lowest BCUT2D eigenvalue weighted by atomic mass is 10.2. The fourth-order valence-corrected chi connectivity index (χ4v) is 2.19. The molecule has 100 valence electrons. The quantitative estimate of drug-likeness (QED) is 0.737. The van der Waals surface area contributed by atoms with Gasteiger partial charge in [-0.05, 0) is 36.4 Å². The smallest absolute Gasteiger partial charge is 0.141 e. The molecular weight excluding hydrogens is 300 g/mol. The highest BCUT2D eigenvalue weighted by atomic mass is 35.5. The highest BCUT2D eigenvalue weighted by Crippen LogP contribution is 2.30. The monoisotopic (exact) mass is 307 g/mol. The first kappa shape index (κ1) is 13.1. The van der Waals surface area contributed by atoms with Gasteiger partial charge >= 0.3 is 0 Å². The molecule has 0 unspecified atom stereocenters. The molecule has 0 saturated heterocycles. The number of fused-ring (bicyclic) bond motifs is 1. The number of anilines is 2. The maximum absolute atomic E-state index is 13.4. The molecule has 0 amide bonds. The molecule has 2 aromatic carbocycles. The molecule has 0 radical (unpaired) electrons. The van der Waals surface area contributed by atoms with Gasteiger partial charge in [0.25, 0.3) is 0 Å². The zero-order chi connectivity index (χ0) is 14.1. The molecular formula is C14H8Cl2FN3. The van der Waals surface area contributed by atoms with E-state index in [0.717, 1.165) is 0 Å². The van der Waals surface area contributed by atoms with Crippen molar-refractivity contribution in [3.63, 3.8) is 0 Å². The molecule has 3 rings (SSSR count). The van der Waals surface area contributed by atoms with Crippen molar-refractivity contribution in [1.29, 1.82) is 0 Å². The topological polar surface area (TPSA) is 37.8 Å². The van der Waals surface area contributed by atoms with Crippen LogP contribution in [0.5, 0.6) is 0 Å². The summed E-state index contributed by atoms with van der Waals surface area (Å²) >= 11 is 12.0. The van der Waals surface area contributed by atoms with Gasteiger partial charge in [0.15, 0.2) is 0 Å². The van der Waals surface area contributed by atoms with Crippen molar-refractivity contribution in [1.82, 2.24) is 9.97 Å². The molecule has 3 aromatic rings. The van der Waals surface area contributed by atoms with E-state index in [4.69, 9.17) is 23.2 Å². The van der Waals surface area contributed by atoms with E-state index < -0.39 is 0 Å². The minimum Gasteiger partial charge on any atom is -0.338 e. The number of hydrogen-bond donors (Lipinski definition) is 1. The predicted octanol–water partition coefficient (Wildman–Crippen LogP) is 4.82. The van der Waals surface area contributed by atoms with E-state index in [0.29, 0.717) is 32.5 Å². The molecule has 0 aliphatic carbocycles. The minimum atomic E-state index is -0.354. The van der Waals surface area contributed by atoms with Crippen molar-refractivity contribution in [2.45, 2.75) is 0 Å². The van der Waals surface area contributed by atoms with Gasteiger partial charge < -0.3 is 5.32 Å². The second-order valence-electron chi connectivity index (χ2n) is 4.13. The van der Waals surface area contributed by atoms with Crippen molar-refractivity contribution in [2.75, 3.05) is 5.32 Å². The first-order valence-electron chi connectivity index (χ1n) is 5.76. The number of nitrogens with one attached hydrogen (secondary N) is 1. The third-order valence-corrected chi connectivity index (χ3v) is 3.34. The fraction of sp³-hybridized carbons (Fsp3) is 0. The summed E-state index contributed by atoms with van der Waals surface area (Å²) in [4.78, 5) is 8.21. The summed E-state index contributed by atoms with van der Waals surface area (Å²) in [5.41, 5.74) is 1.24. The van der Waals surface area contributed by atoms with Crippen LogP contribution in [0.25, 0.3) is 10.9 Å². The molecule has 0 aliphatic rings. The largest absolute Gasteiger partial charge is 0.338 e. The van der Waals surface area contributed by atoms with Gasteiger partial charge in [-0.1, -0.05) is 23.2 Å². The van der Waals surface area contributed by atoms with Gasteiger partial charge in [-0.15, -0.1) is 0 Å². The van der Waals surface area contributed by atoms with Gasteiger partial charge in [-0.2, -0.15) is 0 Å². The van der Waals surface area contributed by atoms with E-state index in [-0.39, 0.29) is 5.82 Å². The Labute approximate surface area is 124 Å². The van der Waals surface area contributed by atoms with E-state index in [9.17, 15) is 4.39 Å². The average molecular weight is 308 g/mol. The van der Waals surface area contributed by atoms with Crippen molar-refractivity contribution in [3.8, 4) is 0 Å². The van der Waals surface area contributed by atoms with Crippen LogP contribution in [0.15, 0.2) is 42.7 Å². The van der Waals surface area contributed by atoms with E-state index >= 15 is 0 Å². The van der Waals surface area contributed by atoms with Gasteiger partial charge in [0.1, 0.15) is 18.0 Å². The lowest BCUT2D eigenvalue weighted by Gasteiger charge is -2.10. The van der Waals surface area contributed by atoms with Gasteiger partial charge in [0, 0.05) is 10.4 Å². The molecule has 0 atom stereocenters. The molecule has 3 nitrogen and oxygen atoms in total. The minimum absolute atomic E-state index is 0.354. The van der Waals surface area contributed by atoms with Crippen LogP contribution in [-0.2, 0) is 0 Å². The Kier molecular flexibility index (Phi) is 3.42. The van der Waals surface area contributed by atoms with Crippen LogP contribution in [0, 0.1) is 5.82 Å². The molecule has 1 heterocycles. The molecule has 0 bridgehead atoms. The predicted molar refractivity (Wildman–Crippen MR) is 79.2 cm³/mol. The standard InChI is InChI=1S/C14H8Cl2FN3/c15-8-1-3-11(16)13(5-8)20-14-10-6-9(17)2-4-12(10)18-7-19-14/h1-7H,(H,18,19,20). The number of nitrogens with zero attached hydrogens (tertiary/aromatic N) is 2. The lowest BCUT2D eigenvalue weighted by molar-refractivity contribution is 0.629. The second-order valence-corrected chi connectivity index (χ2v) is 4.98. The second kappa shape index (κ2) is 5.23. The van der Waals surface area contributed by atoms with Crippen LogP contribution < -0.4 is 5.32 Å². The summed E-state index contributed by atoms with van der Waals surface area (Å²) in [5.74, 6) is 0.117. The molecule has 0 saturated carbocycles. The molecule has 6 heteroatoms. The molecule has 1 aromatic heterocycles. The Balaban J connectivity index is 2.10. The molecule has 0 fully saturated rings. The number of aromatic nitrogens is 2. The van der Waals surface area contributed by atoms with Crippen molar-refractivity contribution < 1.29 is 4.39 Å². The van der Waals surface area contributed by atoms with Crippen LogP contribution in [0.1, 0.15) is 0 Å². The Hall–Kier alpha value is -1.91. The highest BCUT2D eigenvalue weighted by Gasteiger charge is 2.08. The van der Waals surface area contributed by atoms with Crippen LogP contribution in [0.3, 0.4) is 0 Å². The van der Waals surface area contributed by atoms with Crippen molar-refractivity contribution >= 4 is 45.6 Å². The number of hydrogen-bond acceptors (Lipinski definition) is 3. The maximum atomic E-state index is 13.4. The van der Waals surface area contributed by atoms with E-state index in [2.05, 4.69) is 15.3 Å². The number of rotatable bonds is 2. The SMILES string of the molecule is Fc1ccc2ncnc(Nc3cc(Cl)ccc3Cl)c2c1. The number of halogens is 3. The normalized spacial score (nSPS) is 10.8. The van der Waals surface area contributed by atoms with Crippen LogP contribution in [0.4, 0.5) is 15.9 Å². The van der Waals surface area contributed by atoms with E-state index in [1.165, 1.54) is 18.5 Å². The summed E-state index contributed by atoms with van der Waals surface area (Å²) in [6.45, 7) is 0. The van der Waals surface area contributed by atoms with Crippen LogP contribution in [-0.4, -0.2) is 9.97 Å². The van der Waals surface area contributed by atoms with E-state index in [1.54, 1.807) is 24.3 Å². The van der Waals surface area contributed by atoms with Gasteiger partial charge in [0.2, 0.25) is 0 Å². The Morgan fingerprint density at radius 1 is 1.00 bits per heavy atom. The summed E-state index contributed by atoms with van der Waals surface area (Å²) in [7, 11) is 0. The highest BCUT2D eigenvalue weighted by molar-refractivity contribution is 6.35. The zero-order valence-electron chi connectivity index (χ0n) is 10.1. The molecule has 20 heavy (non-hydrogen) atoms. The summed E-state index contributed by atoms with van der Waals surface area (Å²) < 4.78 is 13.4. The molecule has 0 aliphatic heterocycles. The van der Waals surface area contributed by atoms with Crippen LogP contribution >= 0.6 is 23.2 Å². The first-order valence-corrected chi connectivity index (χ1v) is 6.51. The maximum Gasteiger partial charge on any atom is 0.141 e. The van der Waals surface area contributed by atoms with Gasteiger partial charge in [-0.3, -0.25) is 0 Å². The molecule has 1 N–H and O–H groups in total. The summed E-state index contributed by atoms with van der Waals surface area (Å²) in [5, 5.41) is 4.66. The Bertz CT molecular complexity index is 792. The first-order chi connectivity index (χ1) is 9.63. The Morgan fingerprint density at radius 3 is 2.70 bits per heavy atom. The van der Waals surface area contributed by atoms with Crippen molar-refractivity contribution in [3.05, 3.63) is 58.6 Å². The van der Waals surface area contributed by atoms with Crippen molar-refractivity contribution in [2.24, 2.45) is 0 Å². The molecule has 0 spiro atoms. The van der Waals surface area contributed by atoms with Gasteiger partial charge in [-0.25, -0.2) is 14.4 Å². The van der Waals surface area contributed by atoms with Crippen LogP contribution in [0.2, 0.25) is 10.0 Å². The third-order valence-electron chi connectivity index (χ3n) is 2.78. The third kappa shape index (κ3) is 2.53. The summed E-state index contributed by atoms with van der Waals surface area (Å²) in [6, 6.07) is 9.36. The lowest BCUT2D eigenvalue weighted by Crippen LogP contribution is -1.97. The fourth-order valence-electron chi connectivity index (χ4n) is 1.85. The Morgan fingerprint density at radius 2 is 1.85 bits per heavy atom.